The molecule has 2 atom stereocenters. The Morgan fingerprint density at radius 2 is 1.93 bits per heavy atom. The van der Waals surface area contributed by atoms with Crippen LogP contribution in [0.5, 0.6) is 0 Å². The van der Waals surface area contributed by atoms with Crippen molar-refractivity contribution in [2.45, 2.75) is 45.3 Å². The predicted octanol–water partition coefficient (Wildman–Crippen LogP) is 1.21. The van der Waals surface area contributed by atoms with E-state index in [2.05, 4.69) is 5.32 Å². The molecule has 1 unspecified atom stereocenters. The molecule has 2 aliphatic heterocycles. The zero-order valence-electron chi connectivity index (χ0n) is 15.6. The number of carboxylic acid groups (broad SMARTS) is 1. The van der Waals surface area contributed by atoms with Gasteiger partial charge in [-0.2, -0.15) is 0 Å². The SMILES string of the molecule is CC(C)[C@H](NC(=O)CN1C(=O)c2ccccc2N2C(=O)CCC12C)C(=O)O. The number of hydrogen-bond acceptors (Lipinski definition) is 4. The van der Waals surface area contributed by atoms with Crippen molar-refractivity contribution in [3.8, 4) is 0 Å². The second kappa shape index (κ2) is 6.68. The summed E-state index contributed by atoms with van der Waals surface area (Å²) in [5, 5.41) is 11.7. The fourth-order valence-electron chi connectivity index (χ4n) is 3.82. The highest BCUT2D eigenvalue weighted by Crippen LogP contribution is 2.43. The third-order valence-corrected chi connectivity index (χ3v) is 5.30. The maximum atomic E-state index is 13.1. The summed E-state index contributed by atoms with van der Waals surface area (Å²) in [6.45, 7) is 4.83. The van der Waals surface area contributed by atoms with Crippen LogP contribution in [0.1, 0.15) is 44.0 Å². The molecule has 27 heavy (non-hydrogen) atoms. The standard InChI is InChI=1S/C19H23N3O5/c1-11(2)16(18(26)27)20-14(23)10-21-17(25)12-6-4-5-7-13(12)22-15(24)8-9-19(21,22)3/h4-7,11,16H,8-10H2,1-3H3,(H,20,23)(H,26,27)/t16-,19?/m0/s1. The molecule has 2 aliphatic rings. The van der Waals surface area contributed by atoms with Gasteiger partial charge in [0.2, 0.25) is 11.8 Å². The zero-order valence-corrected chi connectivity index (χ0v) is 15.6. The van der Waals surface area contributed by atoms with Gasteiger partial charge in [-0.25, -0.2) is 4.79 Å². The molecule has 3 amide bonds. The van der Waals surface area contributed by atoms with E-state index >= 15 is 0 Å². The Hall–Kier alpha value is -2.90. The molecule has 0 aliphatic carbocycles. The molecule has 8 nitrogen and oxygen atoms in total. The number of nitrogens with one attached hydrogen (secondary N) is 1. The van der Waals surface area contributed by atoms with Gasteiger partial charge < -0.3 is 15.3 Å². The van der Waals surface area contributed by atoms with Gasteiger partial charge in [-0.05, 0) is 31.4 Å². The van der Waals surface area contributed by atoms with Gasteiger partial charge in [0.25, 0.3) is 5.91 Å². The topological polar surface area (TPSA) is 107 Å². The van der Waals surface area contributed by atoms with Gasteiger partial charge in [-0.15, -0.1) is 0 Å². The number of fused-ring (bicyclic) bond motifs is 3. The summed E-state index contributed by atoms with van der Waals surface area (Å²) in [7, 11) is 0. The highest BCUT2D eigenvalue weighted by atomic mass is 16.4. The first kappa shape index (κ1) is 18.9. The Morgan fingerprint density at radius 1 is 1.26 bits per heavy atom. The lowest BCUT2D eigenvalue weighted by atomic mass is 9.98. The lowest BCUT2D eigenvalue weighted by molar-refractivity contribution is -0.143. The van der Waals surface area contributed by atoms with Gasteiger partial charge in [0, 0.05) is 6.42 Å². The molecule has 0 bridgehead atoms. The summed E-state index contributed by atoms with van der Waals surface area (Å²) in [6.07, 6.45) is 0.686. The van der Waals surface area contributed by atoms with Crippen LogP contribution in [0.25, 0.3) is 0 Å². The largest absolute Gasteiger partial charge is 0.480 e. The molecule has 0 aromatic heterocycles. The summed E-state index contributed by atoms with van der Waals surface area (Å²) in [5.74, 6) is -2.44. The molecule has 0 saturated carbocycles. The van der Waals surface area contributed by atoms with E-state index in [-0.39, 0.29) is 30.7 Å². The van der Waals surface area contributed by atoms with Gasteiger partial charge >= 0.3 is 5.97 Å². The first-order valence-electron chi connectivity index (χ1n) is 8.93. The van der Waals surface area contributed by atoms with Gasteiger partial charge in [0.05, 0.1) is 11.3 Å². The first-order chi connectivity index (χ1) is 12.7. The number of rotatable bonds is 5. The Morgan fingerprint density at radius 3 is 2.56 bits per heavy atom. The van der Waals surface area contributed by atoms with Crippen LogP contribution >= 0.6 is 0 Å². The van der Waals surface area contributed by atoms with Crippen molar-refractivity contribution in [3.63, 3.8) is 0 Å². The van der Waals surface area contributed by atoms with Crippen LogP contribution in [-0.2, 0) is 14.4 Å². The number of benzene rings is 1. The summed E-state index contributed by atoms with van der Waals surface area (Å²) in [6, 6.07) is 5.78. The summed E-state index contributed by atoms with van der Waals surface area (Å²) in [5.41, 5.74) is -0.0393. The second-order valence-electron chi connectivity index (χ2n) is 7.48. The minimum atomic E-state index is -1.13. The van der Waals surface area contributed by atoms with E-state index in [1.54, 1.807) is 49.9 Å². The number of anilines is 1. The number of hydrogen-bond donors (Lipinski definition) is 2. The highest BCUT2D eigenvalue weighted by Gasteiger charge is 2.53. The van der Waals surface area contributed by atoms with Crippen LogP contribution in [0, 0.1) is 5.92 Å². The molecular formula is C19H23N3O5. The van der Waals surface area contributed by atoms with E-state index in [0.29, 0.717) is 17.7 Å². The zero-order chi connectivity index (χ0) is 19.9. The number of carboxylic acids is 1. The third-order valence-electron chi connectivity index (χ3n) is 5.30. The smallest absolute Gasteiger partial charge is 0.326 e. The average molecular weight is 373 g/mol. The monoisotopic (exact) mass is 373 g/mol. The Labute approximate surface area is 157 Å². The highest BCUT2D eigenvalue weighted by molar-refractivity contribution is 6.11. The number of para-hydroxylation sites is 1. The van der Waals surface area contributed by atoms with E-state index in [1.807, 2.05) is 0 Å². The van der Waals surface area contributed by atoms with Crippen LogP contribution in [0.2, 0.25) is 0 Å². The summed E-state index contributed by atoms with van der Waals surface area (Å²) >= 11 is 0. The molecule has 144 valence electrons. The molecule has 1 saturated heterocycles. The fourth-order valence-corrected chi connectivity index (χ4v) is 3.82. The molecule has 1 aromatic rings. The molecule has 8 heteroatoms. The predicted molar refractivity (Wildman–Crippen MR) is 97.0 cm³/mol. The first-order valence-corrected chi connectivity index (χ1v) is 8.93. The molecule has 2 N–H and O–H groups in total. The van der Waals surface area contributed by atoms with Crippen molar-refractivity contribution in [1.29, 1.82) is 0 Å². The summed E-state index contributed by atoms with van der Waals surface area (Å²) < 4.78 is 0. The Kier molecular flexibility index (Phi) is 4.67. The van der Waals surface area contributed by atoms with Crippen LogP contribution in [0.3, 0.4) is 0 Å². The van der Waals surface area contributed by atoms with Crippen molar-refractivity contribution in [2.75, 3.05) is 11.4 Å². The van der Waals surface area contributed by atoms with Crippen molar-refractivity contribution in [1.82, 2.24) is 10.2 Å². The maximum absolute atomic E-state index is 13.1. The average Bonchev–Trinajstić information content (AvgIpc) is 2.92. The molecule has 1 fully saturated rings. The normalized spacial score (nSPS) is 22.5. The second-order valence-corrected chi connectivity index (χ2v) is 7.48. The number of carbonyl (C=O) groups is 4. The third kappa shape index (κ3) is 3.05. The number of aliphatic carboxylic acids is 1. The Bertz CT molecular complexity index is 821. The molecule has 1 aromatic carbocycles. The van der Waals surface area contributed by atoms with E-state index in [4.69, 9.17) is 0 Å². The van der Waals surface area contributed by atoms with Crippen LogP contribution in [0.4, 0.5) is 5.69 Å². The minimum Gasteiger partial charge on any atom is -0.480 e. The number of amides is 3. The van der Waals surface area contributed by atoms with Gasteiger partial charge in [0.1, 0.15) is 18.2 Å². The van der Waals surface area contributed by atoms with Crippen LogP contribution < -0.4 is 10.2 Å². The summed E-state index contributed by atoms with van der Waals surface area (Å²) in [4.78, 5) is 52.3. The lowest BCUT2D eigenvalue weighted by Gasteiger charge is -2.48. The number of nitrogens with zero attached hydrogens (tertiary/aromatic N) is 2. The molecule has 2 heterocycles. The van der Waals surface area contributed by atoms with Crippen molar-refractivity contribution in [2.24, 2.45) is 5.92 Å². The minimum absolute atomic E-state index is 0.103. The maximum Gasteiger partial charge on any atom is 0.326 e. The van der Waals surface area contributed by atoms with Crippen molar-refractivity contribution in [3.05, 3.63) is 29.8 Å². The van der Waals surface area contributed by atoms with Crippen molar-refractivity contribution >= 4 is 29.4 Å². The van der Waals surface area contributed by atoms with E-state index < -0.39 is 23.6 Å². The molecule has 0 spiro atoms. The van der Waals surface area contributed by atoms with Crippen LogP contribution in [-0.4, -0.2) is 51.9 Å². The van der Waals surface area contributed by atoms with E-state index in [9.17, 15) is 24.3 Å². The lowest BCUT2D eigenvalue weighted by Crippen LogP contribution is -2.64. The molecule has 3 rings (SSSR count). The van der Waals surface area contributed by atoms with Crippen LogP contribution in [0.15, 0.2) is 24.3 Å². The van der Waals surface area contributed by atoms with Gasteiger partial charge in [0.15, 0.2) is 0 Å². The van der Waals surface area contributed by atoms with Crippen molar-refractivity contribution < 1.29 is 24.3 Å². The molecular weight excluding hydrogens is 350 g/mol. The quantitative estimate of drug-likeness (QED) is 0.807. The fraction of sp³-hybridized carbons (Fsp3) is 0.474. The van der Waals surface area contributed by atoms with Gasteiger partial charge in [-0.1, -0.05) is 26.0 Å². The van der Waals surface area contributed by atoms with E-state index in [0.717, 1.165) is 0 Å². The molecule has 0 radical (unpaired) electrons. The number of carbonyl (C=O) groups excluding carboxylic acids is 3. The van der Waals surface area contributed by atoms with Gasteiger partial charge in [-0.3, -0.25) is 19.3 Å². The Balaban J connectivity index is 1.91. The van der Waals surface area contributed by atoms with E-state index in [1.165, 1.54) is 4.90 Å².